The second-order valence-corrected chi connectivity index (χ2v) is 12.0. The lowest BCUT2D eigenvalue weighted by molar-refractivity contribution is -0.160. The van der Waals surface area contributed by atoms with Crippen molar-refractivity contribution in [1.82, 2.24) is 0 Å². The Morgan fingerprint density at radius 3 is 1.76 bits per heavy atom. The van der Waals surface area contributed by atoms with Crippen LogP contribution in [0.15, 0.2) is 12.2 Å². The first-order chi connectivity index (χ1) is 19.7. The van der Waals surface area contributed by atoms with Gasteiger partial charge >= 0.3 is 19.8 Å². The maximum atomic E-state index is 12.2. The minimum absolute atomic E-state index is 0.179. The van der Waals surface area contributed by atoms with Gasteiger partial charge in [-0.2, -0.15) is 0 Å². The summed E-state index contributed by atoms with van der Waals surface area (Å²) in [7, 11) is -4.57. The molecule has 11 heteroatoms. The number of allylic oxidation sites excluding steroid dienone is 2. The Labute approximate surface area is 247 Å². The molecule has 0 aliphatic heterocycles. The molecule has 41 heavy (non-hydrogen) atoms. The Morgan fingerprint density at radius 2 is 1.24 bits per heavy atom. The number of ether oxygens (including phenoxy) is 2. The van der Waals surface area contributed by atoms with E-state index in [0.29, 0.717) is 6.42 Å². The van der Waals surface area contributed by atoms with Crippen LogP contribution >= 0.6 is 7.82 Å². The van der Waals surface area contributed by atoms with Crippen LogP contribution in [-0.2, 0) is 32.7 Å². The standard InChI is InChI=1S/C30H57O10P/c1-3-4-5-6-7-8-9-10-11-12-13-14-15-16-17-18-19-20-21-22-30(34)40-29(25-37-27(2)32)26-39-41(35,36)38-24-28(33)23-31/h10-11,28-29,31,33H,3-9,12-26H2,1-2H3,(H,35,36)/b11-10-. The van der Waals surface area contributed by atoms with Crippen LogP contribution in [0.2, 0.25) is 0 Å². The van der Waals surface area contributed by atoms with Gasteiger partial charge in [-0.05, 0) is 32.1 Å². The Bertz CT molecular complexity index is 715. The van der Waals surface area contributed by atoms with Gasteiger partial charge in [0.2, 0.25) is 0 Å². The molecule has 0 saturated carbocycles. The summed E-state index contributed by atoms with van der Waals surface area (Å²) in [5.41, 5.74) is 0. The van der Waals surface area contributed by atoms with Gasteiger partial charge in [-0.3, -0.25) is 18.6 Å². The van der Waals surface area contributed by atoms with Crippen molar-refractivity contribution in [3.63, 3.8) is 0 Å². The lowest BCUT2D eigenvalue weighted by Gasteiger charge is -2.20. The van der Waals surface area contributed by atoms with Crippen molar-refractivity contribution >= 4 is 19.8 Å². The van der Waals surface area contributed by atoms with Crippen LogP contribution in [-0.4, -0.2) is 65.7 Å². The van der Waals surface area contributed by atoms with E-state index in [4.69, 9.17) is 19.1 Å². The number of esters is 2. The van der Waals surface area contributed by atoms with Crippen LogP contribution in [0, 0.1) is 0 Å². The monoisotopic (exact) mass is 608 g/mol. The molecule has 0 amide bonds. The minimum Gasteiger partial charge on any atom is -0.462 e. The number of unbranched alkanes of at least 4 members (excludes halogenated alkanes) is 15. The molecule has 0 aliphatic carbocycles. The van der Waals surface area contributed by atoms with Gasteiger partial charge in [-0.1, -0.05) is 96.1 Å². The van der Waals surface area contributed by atoms with E-state index in [9.17, 15) is 24.2 Å². The Morgan fingerprint density at radius 1 is 0.756 bits per heavy atom. The van der Waals surface area contributed by atoms with Crippen LogP contribution in [0.3, 0.4) is 0 Å². The molecule has 10 nitrogen and oxygen atoms in total. The quantitative estimate of drug-likeness (QED) is 0.0369. The lowest BCUT2D eigenvalue weighted by atomic mass is 10.1. The number of hydrogen-bond donors (Lipinski definition) is 3. The van der Waals surface area contributed by atoms with Crippen molar-refractivity contribution in [2.75, 3.05) is 26.4 Å². The van der Waals surface area contributed by atoms with Crippen molar-refractivity contribution in [3.8, 4) is 0 Å². The van der Waals surface area contributed by atoms with Gasteiger partial charge < -0.3 is 24.6 Å². The summed E-state index contributed by atoms with van der Waals surface area (Å²) < 4.78 is 31.3. The van der Waals surface area contributed by atoms with Gasteiger partial charge in [-0.25, -0.2) is 4.57 Å². The second-order valence-electron chi connectivity index (χ2n) is 10.6. The first kappa shape index (κ1) is 39.7. The predicted octanol–water partition coefficient (Wildman–Crippen LogP) is 6.55. The Hall–Kier alpha value is -1.29. The third-order valence-electron chi connectivity index (χ3n) is 6.48. The second kappa shape index (κ2) is 27.5. The predicted molar refractivity (Wildman–Crippen MR) is 159 cm³/mol. The van der Waals surface area contributed by atoms with Crippen molar-refractivity contribution in [3.05, 3.63) is 12.2 Å². The molecule has 0 fully saturated rings. The molecule has 0 heterocycles. The topological polar surface area (TPSA) is 149 Å². The zero-order valence-corrected chi connectivity index (χ0v) is 26.4. The number of hydrogen-bond acceptors (Lipinski definition) is 9. The Kier molecular flexibility index (Phi) is 26.7. The van der Waals surface area contributed by atoms with Crippen molar-refractivity contribution in [1.29, 1.82) is 0 Å². The highest BCUT2D eigenvalue weighted by Crippen LogP contribution is 2.43. The van der Waals surface area contributed by atoms with E-state index in [1.165, 1.54) is 90.4 Å². The first-order valence-electron chi connectivity index (χ1n) is 15.6. The van der Waals surface area contributed by atoms with E-state index in [2.05, 4.69) is 23.6 Å². The summed E-state index contributed by atoms with van der Waals surface area (Å²) in [5, 5.41) is 18.0. The molecule has 0 spiro atoms. The number of phosphoric acid groups is 1. The molecule has 0 aromatic carbocycles. The highest BCUT2D eigenvalue weighted by Gasteiger charge is 2.26. The SMILES string of the molecule is CCCCCCCC/C=C\CCCCCCCCCCCC(=O)OC(COC(C)=O)COP(=O)(O)OCC(O)CO. The number of aliphatic hydroxyl groups is 2. The number of rotatable bonds is 29. The molecule has 0 bridgehead atoms. The van der Waals surface area contributed by atoms with Gasteiger partial charge in [-0.15, -0.1) is 0 Å². The van der Waals surface area contributed by atoms with Crippen LogP contribution in [0.5, 0.6) is 0 Å². The molecule has 3 N–H and O–H groups in total. The smallest absolute Gasteiger partial charge is 0.462 e. The number of aliphatic hydroxyl groups excluding tert-OH is 2. The first-order valence-corrected chi connectivity index (χ1v) is 17.1. The number of carbonyl (C=O) groups is 2. The van der Waals surface area contributed by atoms with Crippen molar-refractivity contribution in [2.24, 2.45) is 0 Å². The fraction of sp³-hybridized carbons (Fsp3) is 0.867. The van der Waals surface area contributed by atoms with Crippen LogP contribution in [0.1, 0.15) is 129 Å². The van der Waals surface area contributed by atoms with Crippen LogP contribution in [0.4, 0.5) is 0 Å². The fourth-order valence-electron chi connectivity index (χ4n) is 4.07. The number of carbonyl (C=O) groups excluding carboxylic acids is 2. The van der Waals surface area contributed by atoms with E-state index in [0.717, 1.165) is 19.3 Å². The van der Waals surface area contributed by atoms with Crippen LogP contribution in [0.25, 0.3) is 0 Å². The zero-order valence-electron chi connectivity index (χ0n) is 25.5. The van der Waals surface area contributed by atoms with Gasteiger partial charge in [0.25, 0.3) is 0 Å². The zero-order chi connectivity index (χ0) is 30.6. The molecule has 242 valence electrons. The third kappa shape index (κ3) is 28.6. The van der Waals surface area contributed by atoms with Crippen molar-refractivity contribution < 1.29 is 47.8 Å². The number of phosphoric ester groups is 1. The van der Waals surface area contributed by atoms with E-state index in [1.54, 1.807) is 0 Å². The van der Waals surface area contributed by atoms with E-state index < -0.39 is 51.8 Å². The van der Waals surface area contributed by atoms with E-state index in [-0.39, 0.29) is 13.0 Å². The highest BCUT2D eigenvalue weighted by molar-refractivity contribution is 7.47. The average Bonchev–Trinajstić information content (AvgIpc) is 2.94. The summed E-state index contributed by atoms with van der Waals surface area (Å²) in [6.07, 6.45) is 22.9. The maximum Gasteiger partial charge on any atom is 0.472 e. The molecule has 0 aromatic heterocycles. The molecule has 3 atom stereocenters. The minimum atomic E-state index is -4.57. The van der Waals surface area contributed by atoms with E-state index >= 15 is 0 Å². The molecule has 0 radical (unpaired) electrons. The Balaban J connectivity index is 3.86. The van der Waals surface area contributed by atoms with E-state index in [1.807, 2.05) is 0 Å². The third-order valence-corrected chi connectivity index (χ3v) is 7.43. The van der Waals surface area contributed by atoms with Gasteiger partial charge in [0.1, 0.15) is 12.7 Å². The summed E-state index contributed by atoms with van der Waals surface area (Å²) in [5.74, 6) is -1.12. The lowest BCUT2D eigenvalue weighted by Crippen LogP contribution is -2.29. The normalized spacial score (nSPS) is 14.6. The summed E-state index contributed by atoms with van der Waals surface area (Å²) in [6, 6.07) is 0. The maximum absolute atomic E-state index is 12.2. The fourth-order valence-corrected chi connectivity index (χ4v) is 4.86. The molecule has 3 unspecified atom stereocenters. The molecule has 0 saturated heterocycles. The average molecular weight is 609 g/mol. The molecule has 0 aliphatic rings. The summed E-state index contributed by atoms with van der Waals surface area (Å²) in [6.45, 7) is 1.29. The molecular weight excluding hydrogens is 551 g/mol. The molecule has 0 aromatic rings. The summed E-state index contributed by atoms with van der Waals surface area (Å²) >= 11 is 0. The van der Waals surface area contributed by atoms with Crippen molar-refractivity contribution in [2.45, 2.75) is 142 Å². The molecular formula is C30H57O10P. The highest BCUT2D eigenvalue weighted by atomic mass is 31.2. The van der Waals surface area contributed by atoms with Gasteiger partial charge in [0.15, 0.2) is 6.10 Å². The largest absolute Gasteiger partial charge is 0.472 e. The van der Waals surface area contributed by atoms with Gasteiger partial charge in [0.05, 0.1) is 19.8 Å². The molecule has 0 rings (SSSR count). The van der Waals surface area contributed by atoms with Gasteiger partial charge in [0, 0.05) is 13.3 Å². The summed E-state index contributed by atoms with van der Waals surface area (Å²) in [4.78, 5) is 33.0. The van der Waals surface area contributed by atoms with Crippen LogP contribution < -0.4 is 0 Å².